The van der Waals surface area contributed by atoms with E-state index in [0.29, 0.717) is 46.4 Å². The van der Waals surface area contributed by atoms with E-state index in [2.05, 4.69) is 59.6 Å². The first-order valence-electron chi connectivity index (χ1n) is 20.0. The molecule has 2 aliphatic carbocycles. The lowest BCUT2D eigenvalue weighted by Gasteiger charge is -2.29. The minimum absolute atomic E-state index is 0.0158. The number of nitrogens with one attached hydrogen (secondary N) is 1. The topological polar surface area (TPSA) is 131 Å². The molecular formula is C46H51ClN4O5. The van der Waals surface area contributed by atoms with E-state index in [1.54, 1.807) is 18.2 Å². The standard InChI is InChI=1S/C46H51ClN4O5/c1-30-36(7-5-12-43(30)54-20-6-17-51-18-15-35(52)16-19-51)37-8-4-9-39-38(37)13-14-44(39)56-46-25-45(55-29-33-22-31(26-48)21-32(23-33)27-49)34(24-40(46)47)28-50-41-10-2-3-11-42(41)53/h4-5,7-9,12,21-25,35,41-42,44,50,52-53H,2-3,6,10-11,13-20,28-29H2,1H3/t41-,42+,44?/m1/s1. The Hall–Kier alpha value is -4.61. The molecule has 7 rings (SSSR count). The summed E-state index contributed by atoms with van der Waals surface area (Å²) in [7, 11) is 0. The van der Waals surface area contributed by atoms with Crippen LogP contribution in [0, 0.1) is 29.6 Å². The van der Waals surface area contributed by atoms with Crippen LogP contribution in [-0.2, 0) is 19.6 Å². The summed E-state index contributed by atoms with van der Waals surface area (Å²) < 4.78 is 19.5. The van der Waals surface area contributed by atoms with E-state index >= 15 is 0 Å². The molecule has 1 saturated heterocycles. The number of hydrogen-bond donors (Lipinski definition) is 3. The number of aliphatic hydroxyl groups excluding tert-OH is 2. The average molecular weight is 775 g/mol. The lowest BCUT2D eigenvalue weighted by atomic mass is 9.92. The van der Waals surface area contributed by atoms with Crippen LogP contribution < -0.4 is 19.5 Å². The zero-order chi connectivity index (χ0) is 39.0. The summed E-state index contributed by atoms with van der Waals surface area (Å²) in [5, 5.41) is 43.4. The molecule has 1 saturated carbocycles. The van der Waals surface area contributed by atoms with Crippen LogP contribution in [0.3, 0.4) is 0 Å². The molecule has 292 valence electrons. The Morgan fingerprint density at radius 2 is 1.59 bits per heavy atom. The number of nitriles is 2. The van der Waals surface area contributed by atoms with Crippen molar-refractivity contribution in [3.63, 3.8) is 0 Å². The number of nitrogens with zero attached hydrogens (tertiary/aromatic N) is 3. The second-order valence-corrected chi connectivity index (χ2v) is 15.8. The van der Waals surface area contributed by atoms with Crippen LogP contribution in [0.5, 0.6) is 17.2 Å². The highest BCUT2D eigenvalue weighted by molar-refractivity contribution is 6.32. The number of rotatable bonds is 14. The summed E-state index contributed by atoms with van der Waals surface area (Å²) in [5.41, 5.74) is 8.17. The number of likely N-dealkylation sites (tertiary alicyclic amines) is 1. The van der Waals surface area contributed by atoms with E-state index in [1.165, 1.54) is 11.1 Å². The smallest absolute Gasteiger partial charge is 0.142 e. The summed E-state index contributed by atoms with van der Waals surface area (Å²) in [6.45, 7) is 6.22. The van der Waals surface area contributed by atoms with Gasteiger partial charge >= 0.3 is 0 Å². The molecule has 2 fully saturated rings. The molecule has 3 atom stereocenters. The first-order chi connectivity index (χ1) is 27.3. The van der Waals surface area contributed by atoms with Gasteiger partial charge in [-0.05, 0) is 116 Å². The molecule has 3 N–H and O–H groups in total. The Bertz CT molecular complexity index is 2050. The minimum atomic E-state index is -0.401. The van der Waals surface area contributed by atoms with Crippen molar-refractivity contribution in [1.29, 1.82) is 10.5 Å². The quantitative estimate of drug-likeness (QED) is 0.108. The molecule has 1 unspecified atom stereocenters. The van der Waals surface area contributed by atoms with E-state index < -0.39 is 6.10 Å². The first kappa shape index (κ1) is 39.6. The maximum Gasteiger partial charge on any atom is 0.142 e. The summed E-state index contributed by atoms with van der Waals surface area (Å²) in [6, 6.07) is 25.7. The molecule has 0 amide bonds. The molecule has 0 spiro atoms. The van der Waals surface area contributed by atoms with Crippen molar-refractivity contribution in [3.05, 3.63) is 111 Å². The molecule has 0 bridgehead atoms. The molecule has 1 heterocycles. The van der Waals surface area contributed by atoms with E-state index in [9.17, 15) is 20.7 Å². The van der Waals surface area contributed by atoms with Crippen LogP contribution in [0.25, 0.3) is 11.1 Å². The number of hydrogen-bond acceptors (Lipinski definition) is 9. The molecule has 1 aliphatic heterocycles. The highest BCUT2D eigenvalue weighted by atomic mass is 35.5. The van der Waals surface area contributed by atoms with Gasteiger partial charge in [0, 0.05) is 43.9 Å². The SMILES string of the molecule is Cc1c(OCCCN2CCC(O)CC2)cccc1-c1cccc2c1CCC2Oc1cc(OCc2cc(C#N)cc(C#N)c2)c(CN[C@@H]2CCCC[C@@H]2O)cc1Cl. The van der Waals surface area contributed by atoms with Gasteiger partial charge in [-0.1, -0.05) is 54.8 Å². The van der Waals surface area contributed by atoms with Crippen LogP contribution in [0.4, 0.5) is 0 Å². The fourth-order valence-electron chi connectivity index (χ4n) is 8.41. The Labute approximate surface area is 335 Å². The van der Waals surface area contributed by atoms with Gasteiger partial charge in [0.15, 0.2) is 0 Å². The van der Waals surface area contributed by atoms with E-state index in [0.717, 1.165) is 105 Å². The third-order valence-electron chi connectivity index (χ3n) is 11.5. The van der Waals surface area contributed by atoms with Crippen LogP contribution in [0.2, 0.25) is 5.02 Å². The Kier molecular flexibility index (Phi) is 13.1. The van der Waals surface area contributed by atoms with Gasteiger partial charge in [-0.3, -0.25) is 0 Å². The Balaban J connectivity index is 1.08. The molecular weight excluding hydrogens is 724 g/mol. The molecule has 56 heavy (non-hydrogen) atoms. The maximum atomic E-state index is 10.6. The van der Waals surface area contributed by atoms with Gasteiger partial charge in [0.2, 0.25) is 0 Å². The van der Waals surface area contributed by atoms with Gasteiger partial charge in [0.1, 0.15) is 30.0 Å². The van der Waals surface area contributed by atoms with Crippen LogP contribution >= 0.6 is 11.6 Å². The van der Waals surface area contributed by atoms with Gasteiger partial charge in [0.05, 0.1) is 47.1 Å². The number of fused-ring (bicyclic) bond motifs is 1. The lowest BCUT2D eigenvalue weighted by Crippen LogP contribution is -2.41. The van der Waals surface area contributed by atoms with Crippen LogP contribution in [0.1, 0.15) is 96.4 Å². The summed E-state index contributed by atoms with van der Waals surface area (Å²) in [5.74, 6) is 1.99. The molecule has 0 radical (unpaired) electrons. The third-order valence-corrected chi connectivity index (χ3v) is 11.8. The van der Waals surface area contributed by atoms with Crippen molar-refractivity contribution < 1.29 is 24.4 Å². The number of piperidine rings is 1. The molecule has 4 aromatic rings. The molecule has 3 aliphatic rings. The van der Waals surface area contributed by atoms with Gasteiger partial charge in [-0.2, -0.15) is 10.5 Å². The van der Waals surface area contributed by atoms with Crippen molar-refractivity contribution in [2.24, 2.45) is 0 Å². The highest BCUT2D eigenvalue weighted by Gasteiger charge is 2.29. The van der Waals surface area contributed by atoms with Gasteiger partial charge in [-0.25, -0.2) is 0 Å². The molecule has 0 aromatic heterocycles. The summed E-state index contributed by atoms with van der Waals surface area (Å²) >= 11 is 6.96. The third kappa shape index (κ3) is 9.49. The van der Waals surface area contributed by atoms with Crippen molar-refractivity contribution in [3.8, 4) is 40.5 Å². The molecule has 4 aromatic carbocycles. The summed E-state index contributed by atoms with van der Waals surface area (Å²) in [6.07, 6.45) is 7.28. The molecule has 10 heteroatoms. The van der Waals surface area contributed by atoms with Crippen molar-refractivity contribution in [2.45, 2.75) is 102 Å². The molecule has 9 nitrogen and oxygen atoms in total. The number of halogens is 1. The fourth-order valence-corrected chi connectivity index (χ4v) is 8.65. The van der Waals surface area contributed by atoms with Crippen molar-refractivity contribution in [1.82, 2.24) is 10.2 Å². The van der Waals surface area contributed by atoms with E-state index in [4.69, 9.17) is 25.8 Å². The zero-order valence-electron chi connectivity index (χ0n) is 32.1. The monoisotopic (exact) mass is 774 g/mol. The highest BCUT2D eigenvalue weighted by Crippen LogP contribution is 2.44. The lowest BCUT2D eigenvalue weighted by molar-refractivity contribution is 0.0800. The van der Waals surface area contributed by atoms with E-state index in [-0.39, 0.29) is 24.9 Å². The second-order valence-electron chi connectivity index (χ2n) is 15.4. The van der Waals surface area contributed by atoms with Crippen LogP contribution in [-0.4, -0.2) is 59.6 Å². The predicted molar refractivity (Wildman–Crippen MR) is 217 cm³/mol. The largest absolute Gasteiger partial charge is 0.493 e. The van der Waals surface area contributed by atoms with Crippen molar-refractivity contribution >= 4 is 11.6 Å². The minimum Gasteiger partial charge on any atom is -0.493 e. The van der Waals surface area contributed by atoms with E-state index in [1.807, 2.05) is 18.2 Å². The number of benzene rings is 4. The fraction of sp³-hybridized carbons (Fsp3) is 0.435. The predicted octanol–water partition coefficient (Wildman–Crippen LogP) is 8.32. The Morgan fingerprint density at radius 1 is 0.839 bits per heavy atom. The second kappa shape index (κ2) is 18.6. The first-order valence-corrected chi connectivity index (χ1v) is 20.4. The number of aliphatic hydroxyl groups is 2. The number of ether oxygens (including phenoxy) is 3. The van der Waals surface area contributed by atoms with Gasteiger partial charge in [0.25, 0.3) is 0 Å². The van der Waals surface area contributed by atoms with Crippen molar-refractivity contribution in [2.75, 3.05) is 26.2 Å². The maximum absolute atomic E-state index is 10.6. The van der Waals surface area contributed by atoms with Gasteiger partial charge in [-0.15, -0.1) is 0 Å². The average Bonchev–Trinajstić information content (AvgIpc) is 3.63. The van der Waals surface area contributed by atoms with Gasteiger partial charge < -0.3 is 34.6 Å². The summed E-state index contributed by atoms with van der Waals surface area (Å²) in [4.78, 5) is 2.41. The normalized spacial score (nSPS) is 19.9. The van der Waals surface area contributed by atoms with Crippen LogP contribution in [0.15, 0.2) is 66.7 Å². The Morgan fingerprint density at radius 3 is 2.36 bits per heavy atom. The zero-order valence-corrected chi connectivity index (χ0v) is 32.9.